The van der Waals surface area contributed by atoms with E-state index in [2.05, 4.69) is 0 Å². The molecule has 20 heavy (non-hydrogen) atoms. The SMILES string of the molecule is COc1ccc(OS(=O)(=O)c2cc(C)ccc2C)cc1. The molecule has 0 fully saturated rings. The average molecular weight is 292 g/mol. The maximum atomic E-state index is 12.3. The van der Waals surface area contributed by atoms with Crippen molar-refractivity contribution in [2.24, 2.45) is 0 Å². The lowest BCUT2D eigenvalue weighted by Crippen LogP contribution is -2.11. The van der Waals surface area contributed by atoms with E-state index in [0.717, 1.165) is 5.56 Å². The van der Waals surface area contributed by atoms with Crippen LogP contribution in [0.4, 0.5) is 0 Å². The Labute approximate surface area is 119 Å². The molecule has 0 aromatic heterocycles. The Bertz CT molecular complexity index is 703. The van der Waals surface area contributed by atoms with Gasteiger partial charge in [-0.05, 0) is 55.3 Å². The zero-order valence-corrected chi connectivity index (χ0v) is 12.4. The summed E-state index contributed by atoms with van der Waals surface area (Å²) in [6, 6.07) is 11.6. The Morgan fingerprint density at radius 2 is 1.50 bits per heavy atom. The summed E-state index contributed by atoms with van der Waals surface area (Å²) in [6.07, 6.45) is 0. The Balaban J connectivity index is 2.32. The molecule has 0 aliphatic rings. The summed E-state index contributed by atoms with van der Waals surface area (Å²) in [5.74, 6) is 0.896. The van der Waals surface area contributed by atoms with Crippen LogP contribution in [0.3, 0.4) is 0 Å². The van der Waals surface area contributed by atoms with Crippen molar-refractivity contribution in [2.45, 2.75) is 18.7 Å². The fraction of sp³-hybridized carbons (Fsp3) is 0.200. The second-order valence-electron chi connectivity index (χ2n) is 4.48. The van der Waals surface area contributed by atoms with E-state index >= 15 is 0 Å². The number of hydrogen-bond acceptors (Lipinski definition) is 4. The zero-order valence-electron chi connectivity index (χ0n) is 11.6. The van der Waals surface area contributed by atoms with E-state index in [4.69, 9.17) is 8.92 Å². The van der Waals surface area contributed by atoms with Gasteiger partial charge in [0.1, 0.15) is 16.4 Å². The third kappa shape index (κ3) is 3.11. The molecule has 0 N–H and O–H groups in total. The molecule has 0 spiro atoms. The fourth-order valence-electron chi connectivity index (χ4n) is 1.78. The van der Waals surface area contributed by atoms with E-state index in [9.17, 15) is 8.42 Å². The Morgan fingerprint density at radius 3 is 2.10 bits per heavy atom. The number of methoxy groups -OCH3 is 1. The summed E-state index contributed by atoms with van der Waals surface area (Å²) in [7, 11) is -2.28. The first-order chi connectivity index (χ1) is 9.42. The molecule has 0 heterocycles. The maximum Gasteiger partial charge on any atom is 0.339 e. The number of rotatable bonds is 4. The third-order valence-electron chi connectivity index (χ3n) is 2.88. The predicted octanol–water partition coefficient (Wildman–Crippen LogP) is 3.08. The van der Waals surface area contributed by atoms with Gasteiger partial charge in [0.25, 0.3) is 0 Å². The van der Waals surface area contributed by atoms with Crippen LogP contribution in [0.25, 0.3) is 0 Å². The van der Waals surface area contributed by atoms with Crippen molar-refractivity contribution in [3.63, 3.8) is 0 Å². The monoisotopic (exact) mass is 292 g/mol. The van der Waals surface area contributed by atoms with Gasteiger partial charge in [-0.3, -0.25) is 0 Å². The van der Waals surface area contributed by atoms with Crippen LogP contribution < -0.4 is 8.92 Å². The second kappa shape index (κ2) is 5.54. The number of aryl methyl sites for hydroxylation is 2. The predicted molar refractivity (Wildman–Crippen MR) is 76.7 cm³/mol. The van der Waals surface area contributed by atoms with Crippen LogP contribution in [0.15, 0.2) is 47.4 Å². The summed E-state index contributed by atoms with van der Waals surface area (Å²) in [5.41, 5.74) is 1.52. The van der Waals surface area contributed by atoms with Crippen molar-refractivity contribution < 1.29 is 17.3 Å². The average Bonchev–Trinajstić information content (AvgIpc) is 2.42. The quantitative estimate of drug-likeness (QED) is 0.813. The van der Waals surface area contributed by atoms with Crippen LogP contribution in [0.2, 0.25) is 0 Å². The lowest BCUT2D eigenvalue weighted by Gasteiger charge is -2.10. The van der Waals surface area contributed by atoms with Crippen molar-refractivity contribution >= 4 is 10.1 Å². The van der Waals surface area contributed by atoms with E-state index in [1.165, 1.54) is 0 Å². The van der Waals surface area contributed by atoms with Gasteiger partial charge in [-0.1, -0.05) is 12.1 Å². The van der Waals surface area contributed by atoms with Crippen molar-refractivity contribution in [3.8, 4) is 11.5 Å². The third-order valence-corrected chi connectivity index (χ3v) is 4.27. The van der Waals surface area contributed by atoms with E-state index in [1.807, 2.05) is 13.0 Å². The molecule has 0 saturated heterocycles. The van der Waals surface area contributed by atoms with Crippen molar-refractivity contribution in [3.05, 3.63) is 53.6 Å². The molecule has 0 atom stereocenters. The molecule has 0 bridgehead atoms. The number of benzene rings is 2. The number of hydrogen-bond donors (Lipinski definition) is 0. The highest BCUT2D eigenvalue weighted by atomic mass is 32.2. The topological polar surface area (TPSA) is 52.6 Å². The Kier molecular flexibility index (Phi) is 3.99. The minimum absolute atomic E-state index is 0.188. The molecular weight excluding hydrogens is 276 g/mol. The normalized spacial score (nSPS) is 11.2. The summed E-state index contributed by atoms with van der Waals surface area (Å²) in [6.45, 7) is 3.58. The first-order valence-corrected chi connectivity index (χ1v) is 7.49. The second-order valence-corrected chi connectivity index (χ2v) is 6.00. The highest BCUT2D eigenvalue weighted by molar-refractivity contribution is 7.87. The van der Waals surface area contributed by atoms with Gasteiger partial charge in [0.15, 0.2) is 0 Å². The molecule has 0 unspecified atom stereocenters. The maximum absolute atomic E-state index is 12.3. The molecule has 4 nitrogen and oxygen atoms in total. The first-order valence-electron chi connectivity index (χ1n) is 6.08. The van der Waals surface area contributed by atoms with Crippen LogP contribution in [0, 0.1) is 13.8 Å². The molecule has 106 valence electrons. The smallest absolute Gasteiger partial charge is 0.339 e. The molecule has 0 saturated carbocycles. The fourth-order valence-corrected chi connectivity index (χ4v) is 3.03. The molecule has 0 amide bonds. The summed E-state index contributed by atoms with van der Waals surface area (Å²) >= 11 is 0. The van der Waals surface area contributed by atoms with Crippen LogP contribution in [-0.2, 0) is 10.1 Å². The summed E-state index contributed by atoms with van der Waals surface area (Å²) in [4.78, 5) is 0.188. The van der Waals surface area contributed by atoms with Gasteiger partial charge in [-0.2, -0.15) is 8.42 Å². The molecule has 2 rings (SSSR count). The lowest BCUT2D eigenvalue weighted by atomic mass is 10.2. The minimum atomic E-state index is -3.83. The van der Waals surface area contributed by atoms with Gasteiger partial charge in [0.05, 0.1) is 7.11 Å². The Hall–Kier alpha value is -2.01. The van der Waals surface area contributed by atoms with Crippen LogP contribution >= 0.6 is 0 Å². The van der Waals surface area contributed by atoms with Crippen LogP contribution in [0.5, 0.6) is 11.5 Å². The largest absolute Gasteiger partial charge is 0.497 e. The van der Waals surface area contributed by atoms with Gasteiger partial charge in [0.2, 0.25) is 0 Å². The van der Waals surface area contributed by atoms with Crippen LogP contribution in [-0.4, -0.2) is 15.5 Å². The van der Waals surface area contributed by atoms with Crippen molar-refractivity contribution in [2.75, 3.05) is 7.11 Å². The minimum Gasteiger partial charge on any atom is -0.497 e. The Morgan fingerprint density at radius 1 is 0.900 bits per heavy atom. The van der Waals surface area contributed by atoms with Crippen molar-refractivity contribution in [1.82, 2.24) is 0 Å². The van der Waals surface area contributed by atoms with Crippen molar-refractivity contribution in [1.29, 1.82) is 0 Å². The van der Waals surface area contributed by atoms with E-state index in [0.29, 0.717) is 11.3 Å². The van der Waals surface area contributed by atoms with Gasteiger partial charge < -0.3 is 8.92 Å². The van der Waals surface area contributed by atoms with Gasteiger partial charge >= 0.3 is 10.1 Å². The molecule has 5 heteroatoms. The molecule has 0 radical (unpaired) electrons. The number of ether oxygens (including phenoxy) is 1. The lowest BCUT2D eigenvalue weighted by molar-refractivity contribution is 0.413. The molecule has 0 aliphatic carbocycles. The van der Waals surface area contributed by atoms with Crippen LogP contribution in [0.1, 0.15) is 11.1 Å². The van der Waals surface area contributed by atoms with E-state index < -0.39 is 10.1 Å². The first kappa shape index (κ1) is 14.4. The highest BCUT2D eigenvalue weighted by Gasteiger charge is 2.19. The van der Waals surface area contributed by atoms with E-state index in [-0.39, 0.29) is 10.6 Å². The zero-order chi connectivity index (χ0) is 14.8. The standard InChI is InChI=1S/C15H16O4S/c1-11-4-5-12(2)15(10-11)20(16,17)19-14-8-6-13(18-3)7-9-14/h4-10H,1-3H3. The molecule has 2 aromatic carbocycles. The molecular formula is C15H16O4S. The van der Waals surface area contributed by atoms with E-state index in [1.54, 1.807) is 50.4 Å². The van der Waals surface area contributed by atoms with Gasteiger partial charge in [-0.25, -0.2) is 0 Å². The summed E-state index contributed by atoms with van der Waals surface area (Å²) in [5, 5.41) is 0. The van der Waals surface area contributed by atoms with Gasteiger partial charge in [-0.15, -0.1) is 0 Å². The summed E-state index contributed by atoms with van der Waals surface area (Å²) < 4.78 is 34.7. The van der Waals surface area contributed by atoms with Gasteiger partial charge in [0, 0.05) is 0 Å². The highest BCUT2D eigenvalue weighted by Crippen LogP contribution is 2.24. The molecule has 2 aromatic rings. The molecule has 0 aliphatic heterocycles.